The molecule has 0 aliphatic carbocycles. The maximum absolute atomic E-state index is 2.52. The molecule has 0 fully saturated rings. The SMILES string of the molecule is CCCCCCC[CH2][Sn]([CH2]C)([CH2]C)[CH2]CCCCCCC. The fourth-order valence-corrected chi connectivity index (χ4v) is 15.5. The molecule has 0 atom stereocenters. The van der Waals surface area contributed by atoms with E-state index in [-0.39, 0.29) is 0 Å². The average Bonchev–Trinajstić information content (AvgIpc) is 2.52. The molecule has 0 nitrogen and oxygen atoms in total. The number of hydrogen-bond acceptors (Lipinski definition) is 0. The summed E-state index contributed by atoms with van der Waals surface area (Å²) in [5.74, 6) is 0. The molecule has 0 bridgehead atoms. The van der Waals surface area contributed by atoms with Gasteiger partial charge in [-0.1, -0.05) is 0 Å². The van der Waals surface area contributed by atoms with Gasteiger partial charge in [0.25, 0.3) is 0 Å². The van der Waals surface area contributed by atoms with Crippen molar-refractivity contribution in [1.82, 2.24) is 0 Å². The monoisotopic (exact) mass is 404 g/mol. The summed E-state index contributed by atoms with van der Waals surface area (Å²) >= 11 is -1.68. The van der Waals surface area contributed by atoms with Crippen molar-refractivity contribution >= 4 is 18.4 Å². The van der Waals surface area contributed by atoms with Crippen molar-refractivity contribution in [2.45, 2.75) is 122 Å². The second-order valence-corrected chi connectivity index (χ2v) is 22.7. The molecule has 1 heteroatoms. The van der Waals surface area contributed by atoms with Crippen LogP contribution in [0.5, 0.6) is 0 Å². The molecular weight excluding hydrogens is 359 g/mol. The predicted molar refractivity (Wildman–Crippen MR) is 103 cm³/mol. The van der Waals surface area contributed by atoms with Gasteiger partial charge in [-0.15, -0.1) is 0 Å². The zero-order chi connectivity index (χ0) is 15.8. The van der Waals surface area contributed by atoms with E-state index in [1.54, 1.807) is 30.6 Å². The summed E-state index contributed by atoms with van der Waals surface area (Å²) in [7, 11) is 0. The van der Waals surface area contributed by atoms with E-state index in [2.05, 4.69) is 27.7 Å². The van der Waals surface area contributed by atoms with Crippen LogP contribution in [0.3, 0.4) is 0 Å². The Labute approximate surface area is 140 Å². The zero-order valence-electron chi connectivity index (χ0n) is 15.8. The topological polar surface area (TPSA) is 0 Å². The summed E-state index contributed by atoms with van der Waals surface area (Å²) in [5.41, 5.74) is 0. The van der Waals surface area contributed by atoms with Gasteiger partial charge in [-0.2, -0.15) is 0 Å². The van der Waals surface area contributed by atoms with Crippen molar-refractivity contribution in [3.63, 3.8) is 0 Å². The van der Waals surface area contributed by atoms with Crippen LogP contribution in [0.25, 0.3) is 0 Å². The maximum atomic E-state index is 2.52. The Morgan fingerprint density at radius 2 is 0.762 bits per heavy atom. The van der Waals surface area contributed by atoms with E-state index < -0.39 is 18.4 Å². The average molecular weight is 403 g/mol. The Morgan fingerprint density at radius 1 is 0.429 bits per heavy atom. The molecule has 0 amide bonds. The number of rotatable bonds is 16. The van der Waals surface area contributed by atoms with Gasteiger partial charge in [0, 0.05) is 0 Å². The van der Waals surface area contributed by atoms with Gasteiger partial charge in [-0.25, -0.2) is 0 Å². The van der Waals surface area contributed by atoms with Crippen LogP contribution in [0.15, 0.2) is 0 Å². The summed E-state index contributed by atoms with van der Waals surface area (Å²) in [6.45, 7) is 9.67. The summed E-state index contributed by atoms with van der Waals surface area (Å²) < 4.78 is 6.61. The van der Waals surface area contributed by atoms with Crippen molar-refractivity contribution in [2.24, 2.45) is 0 Å². The third kappa shape index (κ3) is 12.0. The van der Waals surface area contributed by atoms with Gasteiger partial charge in [0.1, 0.15) is 0 Å². The molecule has 0 unspecified atom stereocenters. The molecule has 0 spiro atoms. The Morgan fingerprint density at radius 3 is 1.10 bits per heavy atom. The summed E-state index contributed by atoms with van der Waals surface area (Å²) in [5, 5.41) is 0. The second-order valence-electron chi connectivity index (χ2n) is 7.24. The number of hydrogen-bond donors (Lipinski definition) is 0. The van der Waals surface area contributed by atoms with Gasteiger partial charge >= 0.3 is 141 Å². The Kier molecular flexibility index (Phi) is 16.3. The van der Waals surface area contributed by atoms with Gasteiger partial charge in [-0.3, -0.25) is 0 Å². The van der Waals surface area contributed by atoms with E-state index in [1.165, 1.54) is 64.2 Å². The summed E-state index contributed by atoms with van der Waals surface area (Å²) in [6.07, 6.45) is 17.8. The van der Waals surface area contributed by atoms with Crippen molar-refractivity contribution in [3.05, 3.63) is 0 Å². The van der Waals surface area contributed by atoms with E-state index in [9.17, 15) is 0 Å². The minimum atomic E-state index is -1.68. The molecule has 0 aliphatic rings. The Bertz CT molecular complexity index is 178. The fraction of sp³-hybridized carbons (Fsp3) is 1.00. The molecule has 0 aromatic rings. The number of unbranched alkanes of at least 4 members (excludes halogenated alkanes) is 10. The normalized spacial score (nSPS) is 12.0. The zero-order valence-corrected chi connectivity index (χ0v) is 18.7. The fourth-order valence-electron chi connectivity index (χ4n) is 3.64. The quantitative estimate of drug-likeness (QED) is 0.180. The van der Waals surface area contributed by atoms with Gasteiger partial charge in [0.05, 0.1) is 0 Å². The predicted octanol–water partition coefficient (Wildman–Crippen LogP) is 8.20. The van der Waals surface area contributed by atoms with Gasteiger partial charge in [0.15, 0.2) is 0 Å². The molecule has 21 heavy (non-hydrogen) atoms. The molecule has 0 heterocycles. The van der Waals surface area contributed by atoms with Crippen LogP contribution in [0.1, 0.15) is 105 Å². The third-order valence-corrected chi connectivity index (χ3v) is 22.3. The standard InChI is InChI=1S/2C8H17.2C2H5.Sn/c2*1-3-5-7-8-6-4-2;2*1-2;/h2*1,3-8H2,2H3;2*1H2,2H3;. The van der Waals surface area contributed by atoms with Crippen molar-refractivity contribution in [1.29, 1.82) is 0 Å². The summed E-state index contributed by atoms with van der Waals surface area (Å²) in [6, 6.07) is 0. The van der Waals surface area contributed by atoms with Crippen LogP contribution in [-0.2, 0) is 0 Å². The molecule has 0 rings (SSSR count). The first-order chi connectivity index (χ1) is 10.2. The van der Waals surface area contributed by atoms with E-state index in [0.29, 0.717) is 0 Å². The van der Waals surface area contributed by atoms with Crippen LogP contribution < -0.4 is 0 Å². The van der Waals surface area contributed by atoms with Crippen molar-refractivity contribution in [3.8, 4) is 0 Å². The molecule has 0 N–H and O–H groups in total. The molecule has 128 valence electrons. The molecule has 0 radical (unpaired) electrons. The molecule has 0 saturated carbocycles. The van der Waals surface area contributed by atoms with Gasteiger partial charge in [0.2, 0.25) is 0 Å². The van der Waals surface area contributed by atoms with E-state index in [4.69, 9.17) is 0 Å². The molecular formula is C20H44Sn. The molecule has 0 saturated heterocycles. The Balaban J connectivity index is 3.78. The van der Waals surface area contributed by atoms with Crippen molar-refractivity contribution in [2.75, 3.05) is 0 Å². The van der Waals surface area contributed by atoms with Gasteiger partial charge in [-0.05, 0) is 0 Å². The van der Waals surface area contributed by atoms with Crippen LogP contribution in [0.4, 0.5) is 0 Å². The first kappa shape index (κ1) is 21.8. The van der Waals surface area contributed by atoms with Crippen molar-refractivity contribution < 1.29 is 0 Å². The van der Waals surface area contributed by atoms with Gasteiger partial charge < -0.3 is 0 Å². The molecule has 0 aromatic heterocycles. The molecule has 0 aliphatic heterocycles. The Hall–Kier alpha value is 0.799. The first-order valence-electron chi connectivity index (χ1n) is 10.2. The van der Waals surface area contributed by atoms with Crippen LogP contribution in [-0.4, -0.2) is 18.4 Å². The van der Waals surface area contributed by atoms with E-state index in [1.807, 2.05) is 0 Å². The van der Waals surface area contributed by atoms with Crippen LogP contribution >= 0.6 is 0 Å². The summed E-state index contributed by atoms with van der Waals surface area (Å²) in [4.78, 5) is 0. The minimum absolute atomic E-state index is 1.38. The second kappa shape index (κ2) is 15.7. The first-order valence-corrected chi connectivity index (χ1v) is 18.3. The molecule has 0 aromatic carbocycles. The third-order valence-electron chi connectivity index (χ3n) is 5.62. The van der Waals surface area contributed by atoms with Crippen LogP contribution in [0.2, 0.25) is 17.7 Å². The van der Waals surface area contributed by atoms with E-state index >= 15 is 0 Å². The van der Waals surface area contributed by atoms with Crippen LogP contribution in [0, 0.1) is 0 Å². The van der Waals surface area contributed by atoms with E-state index in [0.717, 1.165) is 0 Å².